The highest BCUT2D eigenvalue weighted by atomic mass is 14.0. The number of hydrogen-bond donors (Lipinski definition) is 0. The molecule has 0 aliphatic rings. The van der Waals surface area contributed by atoms with Gasteiger partial charge in [0.05, 0.1) is 0 Å². The van der Waals surface area contributed by atoms with E-state index >= 15 is 0 Å². The van der Waals surface area contributed by atoms with Gasteiger partial charge in [0.2, 0.25) is 0 Å². The summed E-state index contributed by atoms with van der Waals surface area (Å²) in [5, 5.41) is 0. The van der Waals surface area contributed by atoms with Crippen molar-refractivity contribution in [2.45, 2.75) is 45.4 Å². The van der Waals surface area contributed by atoms with E-state index in [0.29, 0.717) is 0 Å². The zero-order valence-corrected chi connectivity index (χ0v) is 11.9. The Morgan fingerprint density at radius 1 is 0.579 bits per heavy atom. The fourth-order valence-corrected chi connectivity index (χ4v) is 2.39. The topological polar surface area (TPSA) is 0 Å². The molecule has 0 nitrogen and oxygen atoms in total. The van der Waals surface area contributed by atoms with Gasteiger partial charge in [-0.3, -0.25) is 0 Å². The summed E-state index contributed by atoms with van der Waals surface area (Å²) in [7, 11) is 0. The first-order chi connectivity index (χ1) is 9.38. The Morgan fingerprint density at radius 2 is 1.11 bits per heavy atom. The number of benzene rings is 2. The van der Waals surface area contributed by atoms with Crippen LogP contribution < -0.4 is 0 Å². The van der Waals surface area contributed by atoms with Crippen molar-refractivity contribution in [3.8, 4) is 0 Å². The Hall–Kier alpha value is -1.56. The summed E-state index contributed by atoms with van der Waals surface area (Å²) in [6.07, 6.45) is 7.47. The molecule has 0 amide bonds. The molecule has 0 bridgehead atoms. The van der Waals surface area contributed by atoms with Gasteiger partial charge in [-0.15, -0.1) is 0 Å². The molecule has 0 saturated heterocycles. The predicted molar refractivity (Wildman–Crippen MR) is 83.5 cm³/mol. The average molecular weight is 252 g/mol. The summed E-state index contributed by atoms with van der Waals surface area (Å²) in [4.78, 5) is 0. The summed E-state index contributed by atoms with van der Waals surface area (Å²) in [6, 6.07) is 19.9. The number of hydrogen-bond acceptors (Lipinski definition) is 0. The van der Waals surface area contributed by atoms with E-state index in [1.165, 1.54) is 42.4 Å². The monoisotopic (exact) mass is 252 g/mol. The van der Waals surface area contributed by atoms with E-state index in [4.69, 9.17) is 0 Å². The minimum Gasteiger partial charge on any atom is -0.0654 e. The summed E-state index contributed by atoms with van der Waals surface area (Å²) >= 11 is 0. The first-order valence-electron chi connectivity index (χ1n) is 7.50. The van der Waals surface area contributed by atoms with Gasteiger partial charge in [0.1, 0.15) is 0 Å². The van der Waals surface area contributed by atoms with Crippen molar-refractivity contribution < 1.29 is 0 Å². The van der Waals surface area contributed by atoms with Crippen LogP contribution in [0.25, 0.3) is 0 Å². The van der Waals surface area contributed by atoms with Gasteiger partial charge in [0.25, 0.3) is 0 Å². The fourth-order valence-electron chi connectivity index (χ4n) is 2.39. The SMILES string of the molecule is CCCCCc1ccc(CCc2ccccc2)cc1. The Labute approximate surface area is 117 Å². The summed E-state index contributed by atoms with van der Waals surface area (Å²) < 4.78 is 0. The molecule has 0 aromatic heterocycles. The quantitative estimate of drug-likeness (QED) is 0.594. The number of aryl methyl sites for hydroxylation is 3. The Balaban J connectivity index is 1.81. The number of unbranched alkanes of at least 4 members (excludes halogenated alkanes) is 2. The lowest BCUT2D eigenvalue weighted by Crippen LogP contribution is -1.92. The second-order valence-electron chi connectivity index (χ2n) is 5.26. The van der Waals surface area contributed by atoms with Gasteiger partial charge in [0, 0.05) is 0 Å². The van der Waals surface area contributed by atoms with Crippen molar-refractivity contribution in [1.29, 1.82) is 0 Å². The van der Waals surface area contributed by atoms with Crippen LogP contribution in [0.2, 0.25) is 0 Å². The molecule has 2 rings (SSSR count). The van der Waals surface area contributed by atoms with Gasteiger partial charge in [-0.2, -0.15) is 0 Å². The molecule has 0 N–H and O–H groups in total. The summed E-state index contributed by atoms with van der Waals surface area (Å²) in [5.74, 6) is 0. The lowest BCUT2D eigenvalue weighted by Gasteiger charge is -2.05. The molecule has 0 saturated carbocycles. The maximum atomic E-state index is 2.30. The van der Waals surface area contributed by atoms with Crippen molar-refractivity contribution in [1.82, 2.24) is 0 Å². The molecule has 0 heteroatoms. The van der Waals surface area contributed by atoms with Crippen LogP contribution in [0.5, 0.6) is 0 Å². The minimum absolute atomic E-state index is 1.13. The van der Waals surface area contributed by atoms with E-state index < -0.39 is 0 Å². The highest BCUT2D eigenvalue weighted by Gasteiger charge is 1.97. The third-order valence-corrected chi connectivity index (χ3v) is 3.64. The third-order valence-electron chi connectivity index (χ3n) is 3.64. The molecule has 2 aromatic carbocycles. The smallest absolute Gasteiger partial charge is 0.0238 e. The third kappa shape index (κ3) is 4.90. The first kappa shape index (κ1) is 13.9. The van der Waals surface area contributed by atoms with Crippen LogP contribution in [-0.4, -0.2) is 0 Å². The molecule has 0 unspecified atom stereocenters. The summed E-state index contributed by atoms with van der Waals surface area (Å²) in [5.41, 5.74) is 4.36. The van der Waals surface area contributed by atoms with Crippen molar-refractivity contribution >= 4 is 0 Å². The average Bonchev–Trinajstić information content (AvgIpc) is 2.48. The van der Waals surface area contributed by atoms with Crippen molar-refractivity contribution in [2.75, 3.05) is 0 Å². The van der Waals surface area contributed by atoms with Crippen LogP contribution in [0.15, 0.2) is 54.6 Å². The summed E-state index contributed by atoms with van der Waals surface area (Å²) in [6.45, 7) is 2.26. The van der Waals surface area contributed by atoms with Gasteiger partial charge < -0.3 is 0 Å². The molecule has 100 valence electrons. The standard InChI is InChI=1S/C19H24/c1-2-3-5-8-18-12-15-19(16-13-18)14-11-17-9-6-4-7-10-17/h4,6-7,9-10,12-13,15-16H,2-3,5,8,11,14H2,1H3. The molecule has 2 aromatic rings. The molecule has 0 fully saturated rings. The molecule has 0 radical (unpaired) electrons. The maximum Gasteiger partial charge on any atom is -0.0238 e. The van der Waals surface area contributed by atoms with Crippen molar-refractivity contribution in [2.24, 2.45) is 0 Å². The zero-order chi connectivity index (χ0) is 13.3. The lowest BCUT2D eigenvalue weighted by molar-refractivity contribution is 0.717. The van der Waals surface area contributed by atoms with Gasteiger partial charge in [-0.05, 0) is 42.4 Å². The predicted octanol–water partition coefficient (Wildman–Crippen LogP) is 5.20. The zero-order valence-electron chi connectivity index (χ0n) is 11.9. The highest BCUT2D eigenvalue weighted by molar-refractivity contribution is 5.24. The minimum atomic E-state index is 1.13. The molecule has 0 heterocycles. The van der Waals surface area contributed by atoms with Crippen molar-refractivity contribution in [3.63, 3.8) is 0 Å². The van der Waals surface area contributed by atoms with Crippen LogP contribution in [0.4, 0.5) is 0 Å². The normalized spacial score (nSPS) is 10.6. The van der Waals surface area contributed by atoms with E-state index in [0.717, 1.165) is 12.8 Å². The fraction of sp³-hybridized carbons (Fsp3) is 0.368. The van der Waals surface area contributed by atoms with Gasteiger partial charge in [-0.25, -0.2) is 0 Å². The molecule has 19 heavy (non-hydrogen) atoms. The second kappa shape index (κ2) is 7.78. The highest BCUT2D eigenvalue weighted by Crippen LogP contribution is 2.11. The molecule has 0 aliphatic heterocycles. The van der Waals surface area contributed by atoms with Crippen LogP contribution >= 0.6 is 0 Å². The number of rotatable bonds is 7. The van der Waals surface area contributed by atoms with Gasteiger partial charge in [-0.1, -0.05) is 74.4 Å². The van der Waals surface area contributed by atoms with Crippen molar-refractivity contribution in [3.05, 3.63) is 71.3 Å². The van der Waals surface area contributed by atoms with Gasteiger partial charge >= 0.3 is 0 Å². The van der Waals surface area contributed by atoms with E-state index in [1.54, 1.807) is 0 Å². The lowest BCUT2D eigenvalue weighted by atomic mass is 10.0. The molecule has 0 aliphatic carbocycles. The Kier molecular flexibility index (Phi) is 5.68. The molecule has 0 atom stereocenters. The Bertz CT molecular complexity index is 453. The Morgan fingerprint density at radius 3 is 1.68 bits per heavy atom. The first-order valence-corrected chi connectivity index (χ1v) is 7.50. The van der Waals surface area contributed by atoms with Crippen LogP contribution in [0.3, 0.4) is 0 Å². The van der Waals surface area contributed by atoms with Crippen LogP contribution in [-0.2, 0) is 19.3 Å². The largest absolute Gasteiger partial charge is 0.0654 e. The van der Waals surface area contributed by atoms with E-state index in [2.05, 4.69) is 61.5 Å². The van der Waals surface area contributed by atoms with Crippen LogP contribution in [0.1, 0.15) is 42.9 Å². The van der Waals surface area contributed by atoms with Crippen LogP contribution in [0, 0.1) is 0 Å². The van der Waals surface area contributed by atoms with E-state index in [9.17, 15) is 0 Å². The van der Waals surface area contributed by atoms with E-state index in [1.807, 2.05) is 0 Å². The van der Waals surface area contributed by atoms with E-state index in [-0.39, 0.29) is 0 Å². The molecular formula is C19H24. The molecular weight excluding hydrogens is 228 g/mol. The maximum absolute atomic E-state index is 2.30. The van der Waals surface area contributed by atoms with Gasteiger partial charge in [0.15, 0.2) is 0 Å². The second-order valence-corrected chi connectivity index (χ2v) is 5.26. The molecule has 0 spiro atoms.